The predicted octanol–water partition coefficient (Wildman–Crippen LogP) is 2.32. The molecule has 12 heavy (non-hydrogen) atoms. The lowest BCUT2D eigenvalue weighted by Crippen LogP contribution is -2.05. The third-order valence-electron chi connectivity index (χ3n) is 1.71. The Morgan fingerprint density at radius 3 is 2.83 bits per heavy atom. The molecule has 0 aliphatic rings. The Morgan fingerprint density at radius 1 is 1.83 bits per heavy atom. The molecule has 64 valence electrons. The topological polar surface area (TPSA) is 41.6 Å². The molecule has 4 heteroatoms. The Labute approximate surface area is 76.6 Å². The highest BCUT2D eigenvalue weighted by atomic mass is 35.5. The maximum absolute atomic E-state index is 8.73. The van der Waals surface area contributed by atoms with Crippen molar-refractivity contribution in [2.24, 2.45) is 0 Å². The van der Waals surface area contributed by atoms with Crippen LogP contribution in [0.2, 0.25) is 5.02 Å². The number of hydrogen-bond donors (Lipinski definition) is 0. The molecule has 1 atom stereocenters. The average molecular weight is 184 g/mol. The smallest absolute Gasteiger partial charge is 0.138 e. The number of nitriles is 1. The van der Waals surface area contributed by atoms with Crippen LogP contribution in [0.15, 0.2) is 6.20 Å². The van der Waals surface area contributed by atoms with Crippen molar-refractivity contribution in [3.05, 3.63) is 16.9 Å². The molecule has 0 aliphatic heterocycles. The molecule has 1 unspecified atom stereocenters. The second-order valence-corrected chi connectivity index (χ2v) is 3.00. The van der Waals surface area contributed by atoms with Crippen LogP contribution in [0, 0.1) is 18.3 Å². The summed E-state index contributed by atoms with van der Waals surface area (Å²) in [6, 6.07) is 1.95. The fourth-order valence-electron chi connectivity index (χ4n) is 0.957. The van der Waals surface area contributed by atoms with Crippen LogP contribution in [0.5, 0.6) is 0 Å². The van der Waals surface area contributed by atoms with Crippen LogP contribution in [-0.2, 0) is 0 Å². The SMILES string of the molecule is CCC(C#N)n1cc(Cl)c(C)n1. The zero-order chi connectivity index (χ0) is 9.14. The molecule has 3 nitrogen and oxygen atoms in total. The predicted molar refractivity (Wildman–Crippen MR) is 46.9 cm³/mol. The highest BCUT2D eigenvalue weighted by Crippen LogP contribution is 2.16. The minimum absolute atomic E-state index is 0.198. The van der Waals surface area contributed by atoms with E-state index in [0.717, 1.165) is 12.1 Å². The van der Waals surface area contributed by atoms with E-state index in [9.17, 15) is 0 Å². The fraction of sp³-hybridized carbons (Fsp3) is 0.500. The fourth-order valence-corrected chi connectivity index (χ4v) is 1.09. The molecule has 0 aromatic carbocycles. The molecule has 1 aromatic rings. The van der Waals surface area contributed by atoms with Crippen LogP contribution < -0.4 is 0 Å². The Hall–Kier alpha value is -1.01. The number of hydrogen-bond acceptors (Lipinski definition) is 2. The molecule has 0 aliphatic carbocycles. The molecule has 0 N–H and O–H groups in total. The van der Waals surface area contributed by atoms with Gasteiger partial charge in [-0.2, -0.15) is 10.4 Å². The first-order chi connectivity index (χ1) is 5.69. The van der Waals surface area contributed by atoms with E-state index in [1.165, 1.54) is 0 Å². The van der Waals surface area contributed by atoms with Gasteiger partial charge >= 0.3 is 0 Å². The number of nitrogens with zero attached hydrogens (tertiary/aromatic N) is 3. The second-order valence-electron chi connectivity index (χ2n) is 2.60. The van der Waals surface area contributed by atoms with Crippen LogP contribution in [0.4, 0.5) is 0 Å². The zero-order valence-corrected chi connectivity index (χ0v) is 7.84. The van der Waals surface area contributed by atoms with Gasteiger partial charge in [0.2, 0.25) is 0 Å². The minimum atomic E-state index is -0.198. The van der Waals surface area contributed by atoms with E-state index >= 15 is 0 Å². The molecule has 1 aromatic heterocycles. The van der Waals surface area contributed by atoms with Gasteiger partial charge in [0.25, 0.3) is 0 Å². The monoisotopic (exact) mass is 183 g/mol. The van der Waals surface area contributed by atoms with Crippen LogP contribution >= 0.6 is 11.6 Å². The largest absolute Gasteiger partial charge is 0.254 e. The van der Waals surface area contributed by atoms with Gasteiger partial charge in [-0.05, 0) is 13.3 Å². The minimum Gasteiger partial charge on any atom is -0.254 e. The Morgan fingerprint density at radius 2 is 2.50 bits per heavy atom. The van der Waals surface area contributed by atoms with Gasteiger partial charge in [-0.1, -0.05) is 18.5 Å². The lowest BCUT2D eigenvalue weighted by Gasteiger charge is -2.04. The van der Waals surface area contributed by atoms with Crippen LogP contribution in [0.1, 0.15) is 25.1 Å². The van der Waals surface area contributed by atoms with Crippen molar-refractivity contribution in [1.29, 1.82) is 5.26 Å². The Bertz CT molecular complexity index is 291. The van der Waals surface area contributed by atoms with Gasteiger partial charge in [-0.3, -0.25) is 4.68 Å². The molecule has 1 heterocycles. The normalized spacial score (nSPS) is 12.5. The van der Waals surface area contributed by atoms with Gasteiger partial charge < -0.3 is 0 Å². The second kappa shape index (κ2) is 3.59. The quantitative estimate of drug-likeness (QED) is 0.706. The van der Waals surface area contributed by atoms with Crippen molar-refractivity contribution in [3.8, 4) is 6.07 Å². The lowest BCUT2D eigenvalue weighted by atomic mass is 10.3. The highest BCUT2D eigenvalue weighted by Gasteiger charge is 2.09. The first kappa shape index (κ1) is 9.08. The molecular formula is C8H10ClN3. The van der Waals surface area contributed by atoms with Crippen molar-refractivity contribution < 1.29 is 0 Å². The van der Waals surface area contributed by atoms with Gasteiger partial charge in [-0.15, -0.1) is 0 Å². The van der Waals surface area contributed by atoms with Crippen molar-refractivity contribution in [1.82, 2.24) is 9.78 Å². The standard InChI is InChI=1S/C8H10ClN3/c1-3-7(4-10)12-5-8(9)6(2)11-12/h5,7H,3H2,1-2H3. The number of rotatable bonds is 2. The van der Waals surface area contributed by atoms with Gasteiger partial charge in [0.15, 0.2) is 0 Å². The maximum Gasteiger partial charge on any atom is 0.138 e. The van der Waals surface area contributed by atoms with Crippen molar-refractivity contribution in [2.75, 3.05) is 0 Å². The first-order valence-electron chi connectivity index (χ1n) is 3.80. The van der Waals surface area contributed by atoms with Crippen LogP contribution in [-0.4, -0.2) is 9.78 Å². The van der Waals surface area contributed by atoms with E-state index in [2.05, 4.69) is 11.2 Å². The van der Waals surface area contributed by atoms with E-state index in [1.807, 2.05) is 13.8 Å². The molecule has 0 fully saturated rings. The van der Waals surface area contributed by atoms with Gasteiger partial charge in [-0.25, -0.2) is 0 Å². The molecular weight excluding hydrogens is 174 g/mol. The summed E-state index contributed by atoms with van der Waals surface area (Å²) >= 11 is 5.79. The van der Waals surface area contributed by atoms with Crippen LogP contribution in [0.25, 0.3) is 0 Å². The Kier molecular flexibility index (Phi) is 2.72. The van der Waals surface area contributed by atoms with E-state index in [-0.39, 0.29) is 6.04 Å². The summed E-state index contributed by atoms with van der Waals surface area (Å²) in [5.74, 6) is 0. The maximum atomic E-state index is 8.73. The van der Waals surface area contributed by atoms with Crippen molar-refractivity contribution in [2.45, 2.75) is 26.3 Å². The van der Waals surface area contributed by atoms with E-state index in [4.69, 9.17) is 16.9 Å². The molecule has 1 rings (SSSR count). The van der Waals surface area contributed by atoms with E-state index < -0.39 is 0 Å². The third-order valence-corrected chi connectivity index (χ3v) is 2.08. The van der Waals surface area contributed by atoms with E-state index in [0.29, 0.717) is 5.02 Å². The average Bonchev–Trinajstić information content (AvgIpc) is 2.35. The number of halogens is 1. The lowest BCUT2D eigenvalue weighted by molar-refractivity contribution is 0.531. The summed E-state index contributed by atoms with van der Waals surface area (Å²) < 4.78 is 1.61. The summed E-state index contributed by atoms with van der Waals surface area (Å²) in [5.41, 5.74) is 0.769. The number of aromatic nitrogens is 2. The third kappa shape index (κ3) is 1.59. The van der Waals surface area contributed by atoms with Gasteiger partial charge in [0.05, 0.1) is 16.8 Å². The first-order valence-corrected chi connectivity index (χ1v) is 4.17. The van der Waals surface area contributed by atoms with E-state index in [1.54, 1.807) is 10.9 Å². The van der Waals surface area contributed by atoms with Crippen molar-refractivity contribution in [3.63, 3.8) is 0 Å². The molecule has 0 saturated heterocycles. The molecule has 0 amide bonds. The van der Waals surface area contributed by atoms with Gasteiger partial charge in [0, 0.05) is 6.20 Å². The summed E-state index contributed by atoms with van der Waals surface area (Å²) in [5, 5.41) is 13.5. The number of aryl methyl sites for hydroxylation is 1. The molecule has 0 spiro atoms. The summed E-state index contributed by atoms with van der Waals surface area (Å²) in [6.07, 6.45) is 2.43. The highest BCUT2D eigenvalue weighted by molar-refractivity contribution is 6.31. The van der Waals surface area contributed by atoms with Crippen LogP contribution in [0.3, 0.4) is 0 Å². The van der Waals surface area contributed by atoms with Gasteiger partial charge in [0.1, 0.15) is 6.04 Å². The Balaban J connectivity index is 2.96. The zero-order valence-electron chi connectivity index (χ0n) is 7.08. The summed E-state index contributed by atoms with van der Waals surface area (Å²) in [7, 11) is 0. The molecule has 0 bridgehead atoms. The molecule has 0 radical (unpaired) electrons. The molecule has 0 saturated carbocycles. The summed E-state index contributed by atoms with van der Waals surface area (Å²) in [4.78, 5) is 0. The summed E-state index contributed by atoms with van der Waals surface area (Å²) in [6.45, 7) is 3.77. The van der Waals surface area contributed by atoms with Crippen molar-refractivity contribution >= 4 is 11.6 Å².